The molecule has 0 bridgehead atoms. The summed E-state index contributed by atoms with van der Waals surface area (Å²) in [7, 11) is -2.48. The molecule has 1 heterocycles. The summed E-state index contributed by atoms with van der Waals surface area (Å²) in [5.41, 5.74) is 1.18. The molecule has 1 N–H and O–H groups in total. The van der Waals surface area contributed by atoms with Crippen molar-refractivity contribution < 1.29 is 18.0 Å². The average Bonchev–Trinajstić information content (AvgIpc) is 2.73. The second kappa shape index (κ2) is 5.20. The largest absolute Gasteiger partial charge is 0.279 e. The number of carbonyl (C=O) groups excluding carboxylic acids is 2. The number of sulfonamides is 1. The molecule has 2 aromatic rings. The van der Waals surface area contributed by atoms with Crippen LogP contribution in [0.3, 0.4) is 0 Å². The first kappa shape index (κ1) is 15.2. The van der Waals surface area contributed by atoms with Crippen LogP contribution in [0.5, 0.6) is 0 Å². The number of aryl methyl sites for hydroxylation is 1. The number of benzene rings is 2. The Kier molecular flexibility index (Phi) is 3.45. The maximum atomic E-state index is 12.5. The van der Waals surface area contributed by atoms with Crippen LogP contribution >= 0.6 is 0 Å². The van der Waals surface area contributed by atoms with Crippen LogP contribution in [-0.4, -0.2) is 32.2 Å². The number of hydrogen-bond acceptors (Lipinski definition) is 4. The van der Waals surface area contributed by atoms with E-state index in [4.69, 9.17) is 0 Å². The number of fused-ring (bicyclic) bond motifs is 1. The molecular weight excluding hydrogens is 316 g/mol. The monoisotopic (exact) mass is 330 g/mol. The van der Waals surface area contributed by atoms with Crippen molar-refractivity contribution in [1.29, 1.82) is 0 Å². The fourth-order valence-electron chi connectivity index (χ4n) is 2.47. The first-order valence-corrected chi connectivity index (χ1v) is 8.34. The molecule has 0 fully saturated rings. The van der Waals surface area contributed by atoms with Crippen LogP contribution in [-0.2, 0) is 10.0 Å². The van der Waals surface area contributed by atoms with E-state index in [9.17, 15) is 18.0 Å². The molecule has 1 aliphatic heterocycles. The van der Waals surface area contributed by atoms with E-state index in [1.807, 2.05) is 0 Å². The highest BCUT2D eigenvalue weighted by atomic mass is 32.2. The topological polar surface area (TPSA) is 83.6 Å². The van der Waals surface area contributed by atoms with E-state index in [2.05, 4.69) is 4.72 Å². The number of carbonyl (C=O) groups is 2. The zero-order chi connectivity index (χ0) is 16.8. The van der Waals surface area contributed by atoms with Gasteiger partial charge >= 0.3 is 0 Å². The minimum absolute atomic E-state index is 0.0798. The molecule has 3 rings (SSSR count). The predicted octanol–water partition coefficient (Wildman–Crippen LogP) is 2.02. The molecule has 0 spiro atoms. The Morgan fingerprint density at radius 2 is 1.70 bits per heavy atom. The molecule has 0 atom stereocenters. The molecule has 0 unspecified atom stereocenters. The van der Waals surface area contributed by atoms with Crippen LogP contribution < -0.4 is 4.72 Å². The van der Waals surface area contributed by atoms with Crippen molar-refractivity contribution in [2.45, 2.75) is 11.8 Å². The van der Waals surface area contributed by atoms with Gasteiger partial charge in [0.15, 0.2) is 0 Å². The highest BCUT2D eigenvalue weighted by Gasteiger charge is 2.35. The molecule has 6 nitrogen and oxygen atoms in total. The first-order chi connectivity index (χ1) is 10.8. The van der Waals surface area contributed by atoms with Gasteiger partial charge in [0.2, 0.25) is 0 Å². The standard InChI is InChI=1S/C16H14N2O4S/c1-10-5-3-6-11(9-10)23(21,22)17-13-8-4-7-12-14(13)16(20)18(2)15(12)19/h3-9,17H,1-2H3. The van der Waals surface area contributed by atoms with Crippen LogP contribution in [0, 0.1) is 6.92 Å². The molecule has 0 radical (unpaired) electrons. The number of nitrogens with zero attached hydrogens (tertiary/aromatic N) is 1. The van der Waals surface area contributed by atoms with Gasteiger partial charge in [0.05, 0.1) is 21.7 Å². The average molecular weight is 330 g/mol. The summed E-state index contributed by atoms with van der Waals surface area (Å²) < 4.78 is 27.4. The van der Waals surface area contributed by atoms with Gasteiger partial charge in [0, 0.05) is 7.05 Å². The Labute approximate surface area is 133 Å². The van der Waals surface area contributed by atoms with Crippen LogP contribution in [0.2, 0.25) is 0 Å². The summed E-state index contributed by atoms with van der Waals surface area (Å²) in [6.07, 6.45) is 0. The molecule has 0 saturated carbocycles. The van der Waals surface area contributed by atoms with Gasteiger partial charge in [-0.15, -0.1) is 0 Å². The number of imide groups is 1. The summed E-state index contributed by atoms with van der Waals surface area (Å²) in [5, 5.41) is 0. The Morgan fingerprint density at radius 1 is 1.00 bits per heavy atom. The zero-order valence-electron chi connectivity index (χ0n) is 12.5. The Morgan fingerprint density at radius 3 is 2.39 bits per heavy atom. The van der Waals surface area contributed by atoms with E-state index in [0.717, 1.165) is 10.5 Å². The molecule has 0 saturated heterocycles. The van der Waals surface area contributed by atoms with Gasteiger partial charge in [-0.3, -0.25) is 19.2 Å². The van der Waals surface area contributed by atoms with Gasteiger partial charge in [-0.25, -0.2) is 8.42 Å². The van der Waals surface area contributed by atoms with Crippen LogP contribution in [0.15, 0.2) is 47.4 Å². The fourth-order valence-corrected chi connectivity index (χ4v) is 3.65. The van der Waals surface area contributed by atoms with Gasteiger partial charge in [-0.1, -0.05) is 18.2 Å². The SMILES string of the molecule is Cc1cccc(S(=O)(=O)Nc2cccc3c2C(=O)N(C)C3=O)c1. The van der Waals surface area contributed by atoms with E-state index < -0.39 is 21.8 Å². The highest BCUT2D eigenvalue weighted by molar-refractivity contribution is 7.92. The van der Waals surface area contributed by atoms with Crippen LogP contribution in [0.25, 0.3) is 0 Å². The number of rotatable bonds is 3. The quantitative estimate of drug-likeness (QED) is 0.873. The molecule has 7 heteroatoms. The summed E-state index contributed by atoms with van der Waals surface area (Å²) >= 11 is 0. The molecule has 0 aliphatic carbocycles. The second-order valence-electron chi connectivity index (χ2n) is 5.32. The van der Waals surface area contributed by atoms with Gasteiger partial charge < -0.3 is 0 Å². The van der Waals surface area contributed by atoms with E-state index >= 15 is 0 Å². The van der Waals surface area contributed by atoms with Crippen molar-refractivity contribution in [1.82, 2.24) is 4.90 Å². The minimum atomic E-state index is -3.85. The minimum Gasteiger partial charge on any atom is -0.279 e. The molecule has 118 valence electrons. The summed E-state index contributed by atoms with van der Waals surface area (Å²) in [6, 6.07) is 10.9. The van der Waals surface area contributed by atoms with Crippen molar-refractivity contribution in [2.75, 3.05) is 11.8 Å². The third-order valence-electron chi connectivity index (χ3n) is 3.66. The number of nitrogens with one attached hydrogen (secondary N) is 1. The fraction of sp³-hybridized carbons (Fsp3) is 0.125. The van der Waals surface area contributed by atoms with Gasteiger partial charge in [-0.05, 0) is 36.8 Å². The third kappa shape index (κ3) is 2.49. The summed E-state index contributed by atoms with van der Waals surface area (Å²) in [4.78, 5) is 25.2. The van der Waals surface area contributed by atoms with E-state index in [1.165, 1.54) is 37.4 Å². The smallest absolute Gasteiger partial charge is 0.263 e. The van der Waals surface area contributed by atoms with Crippen molar-refractivity contribution >= 4 is 27.5 Å². The Bertz CT molecular complexity index is 935. The third-order valence-corrected chi connectivity index (χ3v) is 5.03. The molecule has 2 aromatic carbocycles. The molecule has 2 amide bonds. The van der Waals surface area contributed by atoms with Crippen molar-refractivity contribution in [2.24, 2.45) is 0 Å². The molecule has 0 aromatic heterocycles. The molecular formula is C16H14N2O4S. The van der Waals surface area contributed by atoms with Gasteiger partial charge in [0.25, 0.3) is 21.8 Å². The van der Waals surface area contributed by atoms with Crippen molar-refractivity contribution in [3.8, 4) is 0 Å². The van der Waals surface area contributed by atoms with Crippen LogP contribution in [0.1, 0.15) is 26.3 Å². The summed E-state index contributed by atoms with van der Waals surface area (Å²) in [5.74, 6) is -0.964. The Hall–Kier alpha value is -2.67. The van der Waals surface area contributed by atoms with E-state index in [-0.39, 0.29) is 21.7 Å². The van der Waals surface area contributed by atoms with Crippen LogP contribution in [0.4, 0.5) is 5.69 Å². The number of amides is 2. The lowest BCUT2D eigenvalue weighted by Gasteiger charge is -2.11. The van der Waals surface area contributed by atoms with Crippen molar-refractivity contribution in [3.05, 3.63) is 59.2 Å². The normalized spacial score (nSPS) is 14.1. The lowest BCUT2D eigenvalue weighted by Crippen LogP contribution is -2.24. The summed E-state index contributed by atoms with van der Waals surface area (Å²) in [6.45, 7) is 1.79. The van der Waals surface area contributed by atoms with Crippen molar-refractivity contribution in [3.63, 3.8) is 0 Å². The maximum absolute atomic E-state index is 12.5. The lowest BCUT2D eigenvalue weighted by atomic mass is 10.1. The maximum Gasteiger partial charge on any atom is 0.263 e. The zero-order valence-corrected chi connectivity index (χ0v) is 13.3. The number of hydrogen-bond donors (Lipinski definition) is 1. The first-order valence-electron chi connectivity index (χ1n) is 6.86. The van der Waals surface area contributed by atoms with Gasteiger partial charge in [0.1, 0.15) is 0 Å². The molecule has 1 aliphatic rings. The van der Waals surface area contributed by atoms with Gasteiger partial charge in [-0.2, -0.15) is 0 Å². The predicted molar refractivity (Wildman–Crippen MR) is 84.9 cm³/mol. The lowest BCUT2D eigenvalue weighted by molar-refractivity contribution is 0.0693. The van der Waals surface area contributed by atoms with E-state index in [0.29, 0.717) is 0 Å². The Balaban J connectivity index is 2.06. The second-order valence-corrected chi connectivity index (χ2v) is 7.00. The number of anilines is 1. The van der Waals surface area contributed by atoms with E-state index in [1.54, 1.807) is 19.1 Å². The molecule has 23 heavy (non-hydrogen) atoms. The highest BCUT2D eigenvalue weighted by Crippen LogP contribution is 2.30.